The van der Waals surface area contributed by atoms with Crippen LogP contribution in [0.4, 0.5) is 0 Å². The maximum atomic E-state index is 11.9. The number of thiophene rings is 1. The molecule has 5 heteroatoms. The van der Waals surface area contributed by atoms with E-state index in [1.54, 1.807) is 4.90 Å². The average molecular weight is 224 g/mol. The zero-order valence-electron chi connectivity index (χ0n) is 8.22. The average Bonchev–Trinajstić information content (AvgIpc) is 2.82. The highest BCUT2D eigenvalue weighted by Gasteiger charge is 2.21. The summed E-state index contributed by atoms with van der Waals surface area (Å²) in [7, 11) is 0. The first-order chi connectivity index (χ1) is 7.31. The van der Waals surface area contributed by atoms with Crippen molar-refractivity contribution < 1.29 is 10.0 Å². The molecule has 1 aromatic rings. The maximum Gasteiger partial charge on any atom is 0.263 e. The molecule has 80 valence electrons. The van der Waals surface area contributed by atoms with Crippen molar-refractivity contribution in [2.45, 2.75) is 12.8 Å². The van der Waals surface area contributed by atoms with Crippen molar-refractivity contribution in [3.63, 3.8) is 0 Å². The molecular weight excluding hydrogens is 212 g/mol. The van der Waals surface area contributed by atoms with E-state index >= 15 is 0 Å². The molecular formula is C10H12N2O2S. The minimum absolute atomic E-state index is 0.0852. The summed E-state index contributed by atoms with van der Waals surface area (Å²) in [5.74, 6) is 0.0852. The van der Waals surface area contributed by atoms with Crippen LogP contribution in [0.3, 0.4) is 0 Å². The minimum atomic E-state index is 0.0852. The molecule has 0 radical (unpaired) electrons. The van der Waals surface area contributed by atoms with Crippen LogP contribution in [-0.4, -0.2) is 34.8 Å². The summed E-state index contributed by atoms with van der Waals surface area (Å²) in [6.07, 6.45) is 1.35. The number of piperidine rings is 1. The van der Waals surface area contributed by atoms with Crippen molar-refractivity contribution in [2.24, 2.45) is 5.16 Å². The highest BCUT2D eigenvalue weighted by atomic mass is 32.1. The third kappa shape index (κ3) is 2.18. The van der Waals surface area contributed by atoms with Crippen molar-refractivity contribution in [2.75, 3.05) is 13.1 Å². The summed E-state index contributed by atoms with van der Waals surface area (Å²) in [5, 5.41) is 13.7. The Balaban J connectivity index is 1.99. The second-order valence-electron chi connectivity index (χ2n) is 3.44. The number of oxime groups is 1. The fourth-order valence-corrected chi connectivity index (χ4v) is 2.31. The molecule has 0 atom stereocenters. The molecule has 1 aliphatic heterocycles. The van der Waals surface area contributed by atoms with Crippen LogP contribution in [0, 0.1) is 0 Å². The van der Waals surface area contributed by atoms with E-state index in [2.05, 4.69) is 5.16 Å². The van der Waals surface area contributed by atoms with E-state index in [1.807, 2.05) is 17.5 Å². The Kier molecular flexibility index (Phi) is 3.01. The molecule has 1 fully saturated rings. The molecule has 2 heterocycles. The predicted molar refractivity (Wildman–Crippen MR) is 58.7 cm³/mol. The number of hydrogen-bond donors (Lipinski definition) is 1. The highest BCUT2D eigenvalue weighted by Crippen LogP contribution is 2.15. The maximum absolute atomic E-state index is 11.9. The van der Waals surface area contributed by atoms with Gasteiger partial charge in [-0.05, 0) is 11.4 Å². The Bertz CT molecular complexity index is 363. The third-order valence-electron chi connectivity index (χ3n) is 2.50. The van der Waals surface area contributed by atoms with Gasteiger partial charge in [0.2, 0.25) is 0 Å². The van der Waals surface area contributed by atoms with Gasteiger partial charge in [0.1, 0.15) is 0 Å². The van der Waals surface area contributed by atoms with Crippen molar-refractivity contribution in [3.8, 4) is 0 Å². The van der Waals surface area contributed by atoms with E-state index in [0.29, 0.717) is 25.9 Å². The van der Waals surface area contributed by atoms with Crippen molar-refractivity contribution in [1.29, 1.82) is 0 Å². The molecule has 0 aliphatic carbocycles. The Morgan fingerprint density at radius 2 is 2.20 bits per heavy atom. The normalized spacial score (nSPS) is 16.5. The van der Waals surface area contributed by atoms with Crippen molar-refractivity contribution in [1.82, 2.24) is 4.90 Å². The van der Waals surface area contributed by atoms with E-state index in [1.165, 1.54) is 11.3 Å². The predicted octanol–water partition coefficient (Wildman–Crippen LogP) is 1.81. The van der Waals surface area contributed by atoms with Crippen molar-refractivity contribution >= 4 is 23.0 Å². The van der Waals surface area contributed by atoms with Gasteiger partial charge in [0.15, 0.2) is 0 Å². The first kappa shape index (κ1) is 10.2. The van der Waals surface area contributed by atoms with Gasteiger partial charge >= 0.3 is 0 Å². The monoisotopic (exact) mass is 224 g/mol. The molecule has 0 spiro atoms. The van der Waals surface area contributed by atoms with Crippen LogP contribution < -0.4 is 0 Å². The number of likely N-dealkylation sites (tertiary alicyclic amines) is 1. The zero-order chi connectivity index (χ0) is 10.7. The summed E-state index contributed by atoms with van der Waals surface area (Å²) in [5.41, 5.74) is 0.783. The van der Waals surface area contributed by atoms with Crippen LogP contribution in [0.1, 0.15) is 22.5 Å². The number of nitrogens with zero attached hydrogens (tertiary/aromatic N) is 2. The third-order valence-corrected chi connectivity index (χ3v) is 3.36. The van der Waals surface area contributed by atoms with Gasteiger partial charge in [-0.15, -0.1) is 11.3 Å². The fourth-order valence-electron chi connectivity index (χ4n) is 1.62. The van der Waals surface area contributed by atoms with Gasteiger partial charge in [0.05, 0.1) is 10.6 Å². The SMILES string of the molecule is O=C(c1cccs1)N1CCC(=NO)CC1. The molecule has 1 aromatic heterocycles. The molecule has 2 rings (SSSR count). The summed E-state index contributed by atoms with van der Waals surface area (Å²) in [6, 6.07) is 3.71. The van der Waals surface area contributed by atoms with Gasteiger partial charge in [-0.2, -0.15) is 0 Å². The standard InChI is InChI=1S/C10H12N2O2S/c13-10(9-2-1-7-15-9)12-5-3-8(11-14)4-6-12/h1-2,7,14H,3-6H2. The van der Waals surface area contributed by atoms with Crippen LogP contribution in [0.5, 0.6) is 0 Å². The molecule has 15 heavy (non-hydrogen) atoms. The first-order valence-electron chi connectivity index (χ1n) is 4.84. The van der Waals surface area contributed by atoms with Crippen molar-refractivity contribution in [3.05, 3.63) is 22.4 Å². The van der Waals surface area contributed by atoms with E-state index in [-0.39, 0.29) is 5.91 Å². The first-order valence-corrected chi connectivity index (χ1v) is 5.72. The summed E-state index contributed by atoms with van der Waals surface area (Å²) in [4.78, 5) is 14.5. The van der Waals surface area contributed by atoms with Crippen LogP contribution in [0.15, 0.2) is 22.7 Å². The number of rotatable bonds is 1. The molecule has 0 bridgehead atoms. The van der Waals surface area contributed by atoms with Gasteiger partial charge in [0.25, 0.3) is 5.91 Å². The molecule has 1 aliphatic rings. The van der Waals surface area contributed by atoms with E-state index in [9.17, 15) is 4.79 Å². The second-order valence-corrected chi connectivity index (χ2v) is 4.38. The van der Waals surface area contributed by atoms with Gasteiger partial charge < -0.3 is 10.1 Å². The van der Waals surface area contributed by atoms with Crippen LogP contribution in [-0.2, 0) is 0 Å². The lowest BCUT2D eigenvalue weighted by Gasteiger charge is -2.26. The van der Waals surface area contributed by atoms with E-state index < -0.39 is 0 Å². The smallest absolute Gasteiger partial charge is 0.263 e. The summed E-state index contributed by atoms with van der Waals surface area (Å²) in [6.45, 7) is 1.30. The van der Waals surface area contributed by atoms with Gasteiger partial charge in [-0.1, -0.05) is 11.2 Å². The second kappa shape index (κ2) is 4.44. The Labute approximate surface area is 91.8 Å². The Morgan fingerprint density at radius 3 is 2.73 bits per heavy atom. The van der Waals surface area contributed by atoms with Gasteiger partial charge in [-0.25, -0.2) is 0 Å². The van der Waals surface area contributed by atoms with Crippen LogP contribution in [0.2, 0.25) is 0 Å². The van der Waals surface area contributed by atoms with E-state index in [4.69, 9.17) is 5.21 Å². The minimum Gasteiger partial charge on any atom is -0.411 e. The molecule has 4 nitrogen and oxygen atoms in total. The molecule has 0 aromatic carbocycles. The van der Waals surface area contributed by atoms with Crippen LogP contribution >= 0.6 is 11.3 Å². The Hall–Kier alpha value is -1.36. The molecule has 1 amide bonds. The highest BCUT2D eigenvalue weighted by molar-refractivity contribution is 7.12. The summed E-state index contributed by atoms with van der Waals surface area (Å²) >= 11 is 1.46. The quantitative estimate of drug-likeness (QED) is 0.584. The lowest BCUT2D eigenvalue weighted by molar-refractivity contribution is 0.0758. The molecule has 1 saturated heterocycles. The Morgan fingerprint density at radius 1 is 1.47 bits per heavy atom. The molecule has 0 saturated carbocycles. The number of carbonyl (C=O) groups is 1. The lowest BCUT2D eigenvalue weighted by Crippen LogP contribution is -2.38. The molecule has 0 unspecified atom stereocenters. The topological polar surface area (TPSA) is 52.9 Å². The largest absolute Gasteiger partial charge is 0.411 e. The molecule has 1 N–H and O–H groups in total. The number of carbonyl (C=O) groups excluding carboxylic acids is 1. The number of hydrogen-bond acceptors (Lipinski definition) is 4. The fraction of sp³-hybridized carbons (Fsp3) is 0.400. The lowest BCUT2D eigenvalue weighted by atomic mass is 10.1. The number of amides is 1. The zero-order valence-corrected chi connectivity index (χ0v) is 9.04. The van der Waals surface area contributed by atoms with E-state index in [0.717, 1.165) is 10.6 Å². The van der Waals surface area contributed by atoms with Crippen LogP contribution in [0.25, 0.3) is 0 Å². The van der Waals surface area contributed by atoms with Gasteiger partial charge in [-0.3, -0.25) is 4.79 Å². The summed E-state index contributed by atoms with van der Waals surface area (Å²) < 4.78 is 0. The van der Waals surface area contributed by atoms with Gasteiger partial charge in [0, 0.05) is 25.9 Å².